The van der Waals surface area contributed by atoms with Crippen molar-refractivity contribution in [3.05, 3.63) is 59.3 Å². The van der Waals surface area contributed by atoms with E-state index < -0.39 is 15.9 Å². The summed E-state index contributed by atoms with van der Waals surface area (Å²) >= 11 is 0.0249. The van der Waals surface area contributed by atoms with E-state index in [1.165, 1.54) is 5.56 Å². The molecule has 39 heavy (non-hydrogen) atoms. The number of carbonyl (C=O) groups excluding carboxylic acids is 1. The topological polar surface area (TPSA) is 120 Å². The second kappa shape index (κ2) is 13.0. The number of fused-ring (bicyclic) bond motifs is 1. The Bertz CT molecular complexity index is 1400. The van der Waals surface area contributed by atoms with Gasteiger partial charge in [-0.05, 0) is 27.1 Å². The van der Waals surface area contributed by atoms with Gasteiger partial charge >= 0.3 is 183 Å². The van der Waals surface area contributed by atoms with Crippen LogP contribution in [0, 0.1) is 0 Å². The van der Waals surface area contributed by atoms with Crippen molar-refractivity contribution in [1.29, 1.82) is 0 Å². The molecule has 4 rings (SSSR count). The number of aliphatic hydroxyl groups excluding tert-OH is 1. The van der Waals surface area contributed by atoms with Gasteiger partial charge in [0.2, 0.25) is 10.0 Å². The molecule has 2 heterocycles. The van der Waals surface area contributed by atoms with Gasteiger partial charge in [0.1, 0.15) is 0 Å². The molecule has 0 spiro atoms. The third kappa shape index (κ3) is 7.53. The number of carbonyl (C=O) groups is 1. The molecule has 1 saturated heterocycles. The third-order valence-electron chi connectivity index (χ3n) is 7.33. The number of rotatable bonds is 12. The van der Waals surface area contributed by atoms with Crippen molar-refractivity contribution in [2.45, 2.75) is 48.6 Å². The van der Waals surface area contributed by atoms with Crippen LogP contribution in [0.2, 0.25) is 5.21 Å². The number of piperidine rings is 1. The molecule has 4 N–H and O–H groups in total. The zero-order chi connectivity index (χ0) is 28.2. The van der Waals surface area contributed by atoms with Gasteiger partial charge in [-0.3, -0.25) is 0 Å². The van der Waals surface area contributed by atoms with Gasteiger partial charge in [-0.1, -0.05) is 0 Å². The fourth-order valence-electron chi connectivity index (χ4n) is 5.32. The number of primary amides is 1. The third-order valence-corrected chi connectivity index (χ3v) is 12.2. The average molecular weight is 616 g/mol. The van der Waals surface area contributed by atoms with Gasteiger partial charge in [-0.25, -0.2) is 8.42 Å². The summed E-state index contributed by atoms with van der Waals surface area (Å²) in [5, 5.41) is 12.4. The van der Waals surface area contributed by atoms with Gasteiger partial charge in [-0.15, -0.1) is 0 Å². The number of nitrogens with zero attached hydrogens (tertiary/aromatic N) is 2. The molecule has 10 heteroatoms. The molecular formula is C29H40AsN4O4S. The Hall–Kier alpha value is -2.16. The number of aromatic nitrogens is 1. The molecule has 0 aliphatic carbocycles. The van der Waals surface area contributed by atoms with Crippen molar-refractivity contribution in [1.82, 2.24) is 14.2 Å². The van der Waals surface area contributed by atoms with Crippen molar-refractivity contribution >= 4 is 42.6 Å². The van der Waals surface area contributed by atoms with E-state index in [9.17, 15) is 18.3 Å². The summed E-state index contributed by atoms with van der Waals surface area (Å²) in [7, 11) is 0.636. The van der Waals surface area contributed by atoms with Crippen LogP contribution in [0.4, 0.5) is 0 Å². The Balaban J connectivity index is 1.56. The molecule has 1 atom stereocenters. The Kier molecular flexibility index (Phi) is 9.94. The quantitative estimate of drug-likeness (QED) is 0.270. The predicted molar refractivity (Wildman–Crippen MR) is 159 cm³/mol. The van der Waals surface area contributed by atoms with E-state index in [0.717, 1.165) is 57.4 Å². The number of aliphatic hydroxyl groups is 1. The Morgan fingerprint density at radius 2 is 1.95 bits per heavy atom. The Morgan fingerprint density at radius 3 is 2.62 bits per heavy atom. The van der Waals surface area contributed by atoms with E-state index in [1.54, 1.807) is 4.31 Å². The normalized spacial score (nSPS) is 16.5. The molecule has 8 nitrogen and oxygen atoms in total. The summed E-state index contributed by atoms with van der Waals surface area (Å²) in [6.45, 7) is 3.58. The summed E-state index contributed by atoms with van der Waals surface area (Å²) in [6.07, 6.45) is 3.79. The van der Waals surface area contributed by atoms with E-state index in [-0.39, 0.29) is 33.5 Å². The van der Waals surface area contributed by atoms with Crippen molar-refractivity contribution < 1.29 is 18.3 Å². The molecule has 3 aromatic rings. The average Bonchev–Trinajstić information content (AvgIpc) is 3.32. The molecule has 1 aliphatic heterocycles. The minimum absolute atomic E-state index is 0.0249. The molecule has 1 aliphatic rings. The van der Waals surface area contributed by atoms with Gasteiger partial charge in [0.15, 0.2) is 0 Å². The van der Waals surface area contributed by atoms with Crippen LogP contribution in [-0.2, 0) is 15.2 Å². The summed E-state index contributed by atoms with van der Waals surface area (Å²) in [5.41, 5.74) is 11.3. The van der Waals surface area contributed by atoms with Gasteiger partial charge in [0, 0.05) is 0 Å². The van der Waals surface area contributed by atoms with E-state index >= 15 is 0 Å². The Morgan fingerprint density at radius 1 is 1.21 bits per heavy atom. The van der Waals surface area contributed by atoms with Crippen molar-refractivity contribution in [2.75, 3.05) is 39.5 Å². The molecule has 0 unspecified atom stereocenters. The van der Waals surface area contributed by atoms with E-state index in [2.05, 4.69) is 23.2 Å². The zero-order valence-corrected chi connectivity index (χ0v) is 25.8. The molecular weight excluding hydrogens is 575 g/mol. The summed E-state index contributed by atoms with van der Waals surface area (Å²) in [4.78, 5) is 17.7. The van der Waals surface area contributed by atoms with Gasteiger partial charge in [0.05, 0.1) is 5.75 Å². The fraction of sp³-hybridized carbons (Fsp3) is 0.483. The molecule has 1 amide bonds. The van der Waals surface area contributed by atoms with E-state index in [0.29, 0.717) is 25.1 Å². The van der Waals surface area contributed by atoms with Crippen LogP contribution in [0.25, 0.3) is 22.0 Å². The number of H-pyrrole nitrogens is 1. The monoisotopic (exact) mass is 615 g/mol. The van der Waals surface area contributed by atoms with Crippen molar-refractivity contribution in [3.8, 4) is 11.1 Å². The summed E-state index contributed by atoms with van der Waals surface area (Å²) in [6, 6.07) is 12.3. The maximum atomic E-state index is 12.9. The number of benzene rings is 2. The fourth-order valence-corrected chi connectivity index (χ4v) is 8.85. The zero-order valence-electron chi connectivity index (χ0n) is 23.1. The first-order valence-corrected chi connectivity index (χ1v) is 17.8. The minimum atomic E-state index is -3.26. The van der Waals surface area contributed by atoms with Crippen LogP contribution in [-0.4, -0.2) is 95.0 Å². The number of sulfonamides is 1. The maximum absolute atomic E-state index is 12.9. The molecule has 0 bridgehead atoms. The first-order chi connectivity index (χ1) is 18.5. The van der Waals surface area contributed by atoms with Crippen LogP contribution in [0.5, 0.6) is 0 Å². The van der Waals surface area contributed by atoms with Crippen LogP contribution < -0.4 is 5.73 Å². The van der Waals surface area contributed by atoms with E-state index in [1.807, 2.05) is 50.3 Å². The van der Waals surface area contributed by atoms with Crippen molar-refractivity contribution in [2.24, 2.45) is 5.73 Å². The summed E-state index contributed by atoms with van der Waals surface area (Å²) in [5.74, 6) is -0.112. The molecule has 1 radical (unpaired) electrons. The van der Waals surface area contributed by atoms with Crippen molar-refractivity contribution in [3.63, 3.8) is 0 Å². The standard InChI is InChI=1S/C29H40AsN4O4S/c1-20(35)17-30-18-21-6-4-7-23(14-21)24-15-25-27(19-32-28(25)26(16-24)29(31)36)22-8-11-34(12-9-22)39(37,38)13-5-10-33(2)3/h4,6-7,14-16,19-20,22,32,35H,5,8-13,17-18H2,1-3H3,(H2,31,36)/t20-/m0/s1. The number of hydrogen-bond acceptors (Lipinski definition) is 5. The number of nitrogens with one attached hydrogen (secondary N) is 1. The molecule has 2 aromatic carbocycles. The van der Waals surface area contributed by atoms with Crippen LogP contribution >= 0.6 is 0 Å². The number of nitrogens with two attached hydrogens (primary N) is 1. The number of hydrogen-bond donors (Lipinski definition) is 3. The first kappa shape index (κ1) is 29.8. The van der Waals surface area contributed by atoms with Gasteiger partial charge in [-0.2, -0.15) is 0 Å². The second-order valence-electron chi connectivity index (χ2n) is 10.8. The first-order valence-electron chi connectivity index (χ1n) is 13.5. The second-order valence-corrected chi connectivity index (χ2v) is 15.3. The van der Waals surface area contributed by atoms with E-state index in [4.69, 9.17) is 5.73 Å². The predicted octanol–water partition coefficient (Wildman–Crippen LogP) is 3.40. The number of aromatic amines is 1. The summed E-state index contributed by atoms with van der Waals surface area (Å²) < 4.78 is 27.4. The SMILES string of the molecule is C[C@H](O)C[As]Cc1cccc(-c2cc(C(N)=O)c3[nH]cc(C4CCN(S(=O)(=O)CCCN(C)C)CC4)c3c2)c1. The Labute approximate surface area is 238 Å². The van der Waals surface area contributed by atoms with Crippen LogP contribution in [0.1, 0.15) is 53.6 Å². The van der Waals surface area contributed by atoms with Crippen LogP contribution in [0.3, 0.4) is 0 Å². The van der Waals surface area contributed by atoms with Gasteiger partial charge < -0.3 is 4.90 Å². The molecule has 1 fully saturated rings. The molecule has 211 valence electrons. The van der Waals surface area contributed by atoms with Crippen LogP contribution in [0.15, 0.2) is 42.6 Å². The van der Waals surface area contributed by atoms with Gasteiger partial charge in [0.25, 0.3) is 0 Å². The number of amides is 1. The molecule has 1 aromatic heterocycles. The molecule has 0 saturated carbocycles.